The van der Waals surface area contributed by atoms with Crippen LogP contribution in [-0.2, 0) is 0 Å². The van der Waals surface area contributed by atoms with Crippen molar-refractivity contribution in [1.82, 2.24) is 0 Å². The Kier molecular flexibility index (Phi) is 3.68. The highest BCUT2D eigenvalue weighted by atomic mass is 35.5. The highest BCUT2D eigenvalue weighted by Gasteiger charge is 2.13. The molecule has 0 spiro atoms. The van der Waals surface area contributed by atoms with Crippen LogP contribution >= 0.6 is 11.6 Å². The lowest BCUT2D eigenvalue weighted by Crippen LogP contribution is -2.12. The van der Waals surface area contributed by atoms with E-state index in [1.54, 1.807) is 6.07 Å². The van der Waals surface area contributed by atoms with E-state index in [4.69, 9.17) is 11.6 Å². The van der Waals surface area contributed by atoms with Gasteiger partial charge < -0.3 is 5.32 Å². The van der Waals surface area contributed by atoms with E-state index in [2.05, 4.69) is 5.32 Å². The van der Waals surface area contributed by atoms with Crippen molar-refractivity contribution in [2.24, 2.45) is 0 Å². The van der Waals surface area contributed by atoms with Crippen LogP contribution in [0.15, 0.2) is 78.9 Å². The minimum atomic E-state index is -0.207. The van der Waals surface area contributed by atoms with Crippen LogP contribution in [0.5, 0.6) is 0 Å². The molecule has 0 saturated carbocycles. The largest absolute Gasteiger partial charge is 0.322 e. The first-order chi connectivity index (χ1) is 11.7. The highest BCUT2D eigenvalue weighted by Crippen LogP contribution is 2.28. The SMILES string of the molecule is O=C(Nc1ccc2ccccc2c1)c1ccc2ccccc2c1Cl. The molecular formula is C21H14ClNO. The number of nitrogens with one attached hydrogen (secondary N) is 1. The molecule has 0 aliphatic carbocycles. The predicted molar refractivity (Wildman–Crippen MR) is 101 cm³/mol. The van der Waals surface area contributed by atoms with E-state index in [1.807, 2.05) is 72.8 Å². The molecule has 0 unspecified atom stereocenters. The second kappa shape index (κ2) is 5.99. The minimum absolute atomic E-state index is 0.207. The molecule has 0 saturated heterocycles. The van der Waals surface area contributed by atoms with Gasteiger partial charge >= 0.3 is 0 Å². The summed E-state index contributed by atoms with van der Waals surface area (Å²) in [4.78, 5) is 12.6. The maximum atomic E-state index is 12.6. The van der Waals surface area contributed by atoms with Crippen LogP contribution in [0.4, 0.5) is 5.69 Å². The molecular weight excluding hydrogens is 318 g/mol. The van der Waals surface area contributed by atoms with Gasteiger partial charge in [-0.15, -0.1) is 0 Å². The Morgan fingerprint density at radius 3 is 2.25 bits per heavy atom. The first-order valence-electron chi connectivity index (χ1n) is 7.70. The third-order valence-corrected chi connectivity index (χ3v) is 4.52. The number of halogens is 1. The maximum Gasteiger partial charge on any atom is 0.257 e. The first kappa shape index (κ1) is 14.7. The monoisotopic (exact) mass is 331 g/mol. The van der Waals surface area contributed by atoms with Gasteiger partial charge in [-0.05, 0) is 34.4 Å². The number of rotatable bonds is 2. The molecule has 0 bridgehead atoms. The number of hydrogen-bond donors (Lipinski definition) is 1. The molecule has 24 heavy (non-hydrogen) atoms. The Morgan fingerprint density at radius 2 is 1.42 bits per heavy atom. The van der Waals surface area contributed by atoms with Crippen LogP contribution in [0.2, 0.25) is 5.02 Å². The van der Waals surface area contributed by atoms with Gasteiger partial charge in [-0.2, -0.15) is 0 Å². The molecule has 0 aliphatic rings. The van der Waals surface area contributed by atoms with Crippen LogP contribution in [0, 0.1) is 0 Å². The lowest BCUT2D eigenvalue weighted by Gasteiger charge is -2.10. The average molecular weight is 332 g/mol. The zero-order chi connectivity index (χ0) is 16.5. The average Bonchev–Trinajstić information content (AvgIpc) is 2.62. The summed E-state index contributed by atoms with van der Waals surface area (Å²) in [5, 5.41) is 7.53. The van der Waals surface area contributed by atoms with Gasteiger partial charge in [0, 0.05) is 11.1 Å². The second-order valence-corrected chi connectivity index (χ2v) is 6.04. The fourth-order valence-corrected chi connectivity index (χ4v) is 3.20. The topological polar surface area (TPSA) is 29.1 Å². The van der Waals surface area contributed by atoms with Crippen LogP contribution in [0.25, 0.3) is 21.5 Å². The summed E-state index contributed by atoms with van der Waals surface area (Å²) in [6.45, 7) is 0. The van der Waals surface area contributed by atoms with Gasteiger partial charge in [0.1, 0.15) is 0 Å². The summed E-state index contributed by atoms with van der Waals surface area (Å²) >= 11 is 6.44. The van der Waals surface area contributed by atoms with Crippen LogP contribution < -0.4 is 5.32 Å². The number of benzene rings is 4. The summed E-state index contributed by atoms with van der Waals surface area (Å²) < 4.78 is 0. The number of fused-ring (bicyclic) bond motifs is 2. The summed E-state index contributed by atoms with van der Waals surface area (Å²) in [5.41, 5.74) is 1.23. The molecule has 0 aliphatic heterocycles. The fraction of sp³-hybridized carbons (Fsp3) is 0. The van der Waals surface area contributed by atoms with Crippen molar-refractivity contribution < 1.29 is 4.79 Å². The second-order valence-electron chi connectivity index (χ2n) is 5.66. The van der Waals surface area contributed by atoms with Gasteiger partial charge in [-0.25, -0.2) is 0 Å². The van der Waals surface area contributed by atoms with Gasteiger partial charge in [0.05, 0.1) is 10.6 Å². The summed E-state index contributed by atoms with van der Waals surface area (Å²) in [6.07, 6.45) is 0. The summed E-state index contributed by atoms with van der Waals surface area (Å²) in [6, 6.07) is 25.3. The van der Waals surface area contributed by atoms with Gasteiger partial charge in [0.25, 0.3) is 5.91 Å². The Bertz CT molecular complexity index is 1070. The Morgan fingerprint density at radius 1 is 0.750 bits per heavy atom. The molecule has 1 amide bonds. The van der Waals surface area contributed by atoms with Gasteiger partial charge in [0.15, 0.2) is 0 Å². The lowest BCUT2D eigenvalue weighted by atomic mass is 10.1. The van der Waals surface area contributed by atoms with Crippen LogP contribution in [0.1, 0.15) is 10.4 Å². The maximum absolute atomic E-state index is 12.6. The molecule has 116 valence electrons. The van der Waals surface area contributed by atoms with Crippen LogP contribution in [0.3, 0.4) is 0 Å². The smallest absolute Gasteiger partial charge is 0.257 e. The molecule has 0 heterocycles. The molecule has 4 aromatic carbocycles. The summed E-state index contributed by atoms with van der Waals surface area (Å²) in [7, 11) is 0. The lowest BCUT2D eigenvalue weighted by molar-refractivity contribution is 0.102. The van der Waals surface area contributed by atoms with Crippen LogP contribution in [-0.4, -0.2) is 5.91 Å². The van der Waals surface area contributed by atoms with Crippen molar-refractivity contribution in [2.45, 2.75) is 0 Å². The fourth-order valence-electron chi connectivity index (χ4n) is 2.87. The number of anilines is 1. The number of carbonyl (C=O) groups is 1. The molecule has 4 aromatic rings. The third kappa shape index (κ3) is 2.61. The molecule has 0 radical (unpaired) electrons. The van der Waals surface area contributed by atoms with Gasteiger partial charge in [-0.3, -0.25) is 4.79 Å². The molecule has 0 aromatic heterocycles. The van der Waals surface area contributed by atoms with E-state index in [-0.39, 0.29) is 5.91 Å². The predicted octanol–water partition coefficient (Wildman–Crippen LogP) is 5.90. The van der Waals surface area contributed by atoms with Crippen molar-refractivity contribution in [2.75, 3.05) is 5.32 Å². The van der Waals surface area contributed by atoms with E-state index >= 15 is 0 Å². The van der Waals surface area contributed by atoms with Gasteiger partial charge in [-0.1, -0.05) is 72.3 Å². The standard InChI is InChI=1S/C21H14ClNO/c22-20-18-8-4-3-6-15(18)10-12-19(20)21(24)23-17-11-9-14-5-1-2-7-16(14)13-17/h1-13H,(H,23,24). The van der Waals surface area contributed by atoms with Crippen molar-refractivity contribution in [3.63, 3.8) is 0 Å². The summed E-state index contributed by atoms with van der Waals surface area (Å²) in [5.74, 6) is -0.207. The zero-order valence-electron chi connectivity index (χ0n) is 12.8. The number of amides is 1. The van der Waals surface area contributed by atoms with Crippen molar-refractivity contribution in [3.8, 4) is 0 Å². The highest BCUT2D eigenvalue weighted by molar-refractivity contribution is 6.39. The molecule has 0 atom stereocenters. The quantitative estimate of drug-likeness (QED) is 0.487. The first-order valence-corrected chi connectivity index (χ1v) is 8.07. The normalized spacial score (nSPS) is 10.9. The van der Waals surface area contributed by atoms with E-state index < -0.39 is 0 Å². The zero-order valence-corrected chi connectivity index (χ0v) is 13.5. The third-order valence-electron chi connectivity index (χ3n) is 4.12. The molecule has 3 heteroatoms. The van der Waals surface area contributed by atoms with E-state index in [0.717, 1.165) is 27.2 Å². The van der Waals surface area contributed by atoms with E-state index in [0.29, 0.717) is 10.6 Å². The Hall–Kier alpha value is -2.84. The van der Waals surface area contributed by atoms with E-state index in [1.165, 1.54) is 0 Å². The number of hydrogen-bond acceptors (Lipinski definition) is 1. The van der Waals surface area contributed by atoms with Crippen molar-refractivity contribution in [1.29, 1.82) is 0 Å². The molecule has 1 N–H and O–H groups in total. The molecule has 0 fully saturated rings. The Balaban J connectivity index is 1.69. The number of carbonyl (C=O) groups excluding carboxylic acids is 1. The Labute approximate surface area is 144 Å². The minimum Gasteiger partial charge on any atom is -0.322 e. The van der Waals surface area contributed by atoms with Gasteiger partial charge in [0.2, 0.25) is 0 Å². The van der Waals surface area contributed by atoms with Crippen molar-refractivity contribution in [3.05, 3.63) is 89.4 Å². The molecule has 2 nitrogen and oxygen atoms in total. The van der Waals surface area contributed by atoms with E-state index in [9.17, 15) is 4.79 Å². The van der Waals surface area contributed by atoms with Crippen molar-refractivity contribution >= 4 is 44.7 Å². The molecule has 4 rings (SSSR count).